The monoisotopic (exact) mass is 245 g/mol. The lowest BCUT2D eigenvalue weighted by Gasteiger charge is -2.28. The van der Waals surface area contributed by atoms with E-state index >= 15 is 0 Å². The first-order chi connectivity index (χ1) is 7.72. The van der Waals surface area contributed by atoms with Crippen molar-refractivity contribution in [3.05, 3.63) is 0 Å². The molecule has 1 N–H and O–H groups in total. The number of carboxylic acid groups (broad SMARTS) is 1. The molecule has 0 aliphatic heterocycles. The molecule has 0 aromatic carbocycles. The van der Waals surface area contributed by atoms with Crippen LogP contribution in [0.4, 0.5) is 0 Å². The number of ether oxygens (including phenoxy) is 1. The maximum absolute atomic E-state index is 10.5. The molecule has 0 fully saturated rings. The van der Waals surface area contributed by atoms with E-state index in [1.54, 1.807) is 0 Å². The maximum Gasteiger partial charge on any atom is 0.303 e. The van der Waals surface area contributed by atoms with Gasteiger partial charge in [-0.25, -0.2) is 0 Å². The molecule has 0 amide bonds. The van der Waals surface area contributed by atoms with E-state index in [0.29, 0.717) is 19.1 Å². The zero-order chi connectivity index (χ0) is 13.5. The first-order valence-electron chi connectivity index (χ1n) is 6.32. The number of hydrogen-bond donors (Lipinski definition) is 1. The van der Waals surface area contributed by atoms with E-state index in [1.807, 2.05) is 20.8 Å². The first-order valence-corrected chi connectivity index (χ1v) is 6.32. The molecule has 0 rings (SSSR count). The summed E-state index contributed by atoms with van der Waals surface area (Å²) in [4.78, 5) is 12.7. The van der Waals surface area contributed by atoms with E-state index in [1.165, 1.54) is 0 Å². The van der Waals surface area contributed by atoms with Gasteiger partial charge in [0.15, 0.2) is 0 Å². The lowest BCUT2D eigenvalue weighted by Crippen LogP contribution is -2.36. The van der Waals surface area contributed by atoms with Gasteiger partial charge in [-0.05, 0) is 47.6 Å². The number of hydrogen-bond acceptors (Lipinski definition) is 3. The van der Waals surface area contributed by atoms with Crippen molar-refractivity contribution in [3.63, 3.8) is 0 Å². The minimum absolute atomic E-state index is 0.107. The summed E-state index contributed by atoms with van der Waals surface area (Å²) in [5.74, 6) is -0.723. The molecule has 17 heavy (non-hydrogen) atoms. The molecular formula is C13H27NO3. The van der Waals surface area contributed by atoms with Gasteiger partial charge in [-0.1, -0.05) is 0 Å². The largest absolute Gasteiger partial charge is 0.481 e. The van der Waals surface area contributed by atoms with Crippen molar-refractivity contribution >= 4 is 5.97 Å². The van der Waals surface area contributed by atoms with Gasteiger partial charge >= 0.3 is 5.97 Å². The quantitative estimate of drug-likeness (QED) is 0.713. The zero-order valence-electron chi connectivity index (χ0n) is 11.8. The Labute approximate surface area is 105 Å². The number of carboxylic acids is 1. The Balaban J connectivity index is 3.87. The summed E-state index contributed by atoms with van der Waals surface area (Å²) in [6.07, 6.45) is 0.937. The third-order valence-corrected chi connectivity index (χ3v) is 2.48. The normalized spacial score (nSPS) is 12.4. The molecule has 0 aromatic heterocycles. The van der Waals surface area contributed by atoms with Gasteiger partial charge in [0.05, 0.1) is 12.2 Å². The molecule has 0 saturated carbocycles. The van der Waals surface area contributed by atoms with Crippen LogP contribution in [0.1, 0.15) is 47.5 Å². The topological polar surface area (TPSA) is 49.8 Å². The average molecular weight is 245 g/mol. The molecule has 0 radical (unpaired) electrons. The van der Waals surface area contributed by atoms with Crippen molar-refractivity contribution < 1.29 is 14.6 Å². The SMILES string of the molecule is CC(C)N(CCCC(=O)O)CCOC(C)(C)C. The van der Waals surface area contributed by atoms with Crippen LogP contribution in [0.15, 0.2) is 0 Å². The van der Waals surface area contributed by atoms with Crippen LogP contribution >= 0.6 is 0 Å². The molecule has 102 valence electrons. The minimum Gasteiger partial charge on any atom is -0.481 e. The number of carbonyl (C=O) groups is 1. The zero-order valence-corrected chi connectivity index (χ0v) is 11.8. The highest BCUT2D eigenvalue weighted by Gasteiger charge is 2.13. The van der Waals surface area contributed by atoms with Crippen molar-refractivity contribution in [2.24, 2.45) is 0 Å². The van der Waals surface area contributed by atoms with Crippen LogP contribution in [-0.4, -0.2) is 47.3 Å². The van der Waals surface area contributed by atoms with Crippen LogP contribution in [0.5, 0.6) is 0 Å². The van der Waals surface area contributed by atoms with Crippen LogP contribution < -0.4 is 0 Å². The fraction of sp³-hybridized carbons (Fsp3) is 0.923. The molecule has 0 saturated heterocycles. The van der Waals surface area contributed by atoms with Crippen LogP contribution in [0.2, 0.25) is 0 Å². The summed E-state index contributed by atoms with van der Waals surface area (Å²) >= 11 is 0. The molecule has 0 aliphatic carbocycles. The molecule has 0 unspecified atom stereocenters. The standard InChI is InChI=1S/C13H27NO3/c1-11(2)14(8-6-7-12(15)16)9-10-17-13(3,4)5/h11H,6-10H2,1-5H3,(H,15,16). The van der Waals surface area contributed by atoms with Crippen LogP contribution in [0.3, 0.4) is 0 Å². The highest BCUT2D eigenvalue weighted by molar-refractivity contribution is 5.66. The molecule has 0 atom stereocenters. The molecule has 4 nitrogen and oxygen atoms in total. The predicted molar refractivity (Wildman–Crippen MR) is 69.3 cm³/mol. The van der Waals surface area contributed by atoms with Gasteiger partial charge in [0.25, 0.3) is 0 Å². The van der Waals surface area contributed by atoms with E-state index in [4.69, 9.17) is 9.84 Å². The first kappa shape index (κ1) is 16.4. The third kappa shape index (κ3) is 10.3. The Morgan fingerprint density at radius 2 is 1.88 bits per heavy atom. The average Bonchev–Trinajstić information content (AvgIpc) is 2.12. The molecule has 0 bridgehead atoms. The number of nitrogens with zero attached hydrogens (tertiary/aromatic N) is 1. The summed E-state index contributed by atoms with van der Waals surface area (Å²) in [5, 5.41) is 8.60. The van der Waals surface area contributed by atoms with Crippen molar-refractivity contribution in [1.82, 2.24) is 4.90 Å². The Morgan fingerprint density at radius 3 is 2.29 bits per heavy atom. The molecule has 4 heteroatoms. The minimum atomic E-state index is -0.723. The lowest BCUT2D eigenvalue weighted by molar-refractivity contribution is -0.137. The Hall–Kier alpha value is -0.610. The van der Waals surface area contributed by atoms with E-state index in [9.17, 15) is 4.79 Å². The van der Waals surface area contributed by atoms with E-state index in [-0.39, 0.29) is 12.0 Å². The second-order valence-electron chi connectivity index (χ2n) is 5.59. The van der Waals surface area contributed by atoms with Crippen molar-refractivity contribution in [2.75, 3.05) is 19.7 Å². The van der Waals surface area contributed by atoms with E-state index < -0.39 is 5.97 Å². The van der Waals surface area contributed by atoms with Crippen molar-refractivity contribution in [3.8, 4) is 0 Å². The molecule has 0 spiro atoms. The Morgan fingerprint density at radius 1 is 1.29 bits per heavy atom. The molecule has 0 heterocycles. The summed E-state index contributed by atoms with van der Waals surface area (Å²) in [5.41, 5.74) is -0.107. The van der Waals surface area contributed by atoms with Gasteiger partial charge in [0.1, 0.15) is 0 Å². The molecular weight excluding hydrogens is 218 g/mol. The Bertz CT molecular complexity index is 221. The van der Waals surface area contributed by atoms with Crippen LogP contribution in [0, 0.1) is 0 Å². The Kier molecular flexibility index (Phi) is 7.39. The van der Waals surface area contributed by atoms with Crippen molar-refractivity contribution in [1.29, 1.82) is 0 Å². The smallest absolute Gasteiger partial charge is 0.303 e. The van der Waals surface area contributed by atoms with Crippen LogP contribution in [-0.2, 0) is 9.53 Å². The van der Waals surface area contributed by atoms with E-state index in [0.717, 1.165) is 13.1 Å². The van der Waals surface area contributed by atoms with Crippen LogP contribution in [0.25, 0.3) is 0 Å². The van der Waals surface area contributed by atoms with Gasteiger partial charge in [0, 0.05) is 19.0 Å². The van der Waals surface area contributed by atoms with Gasteiger partial charge in [-0.3, -0.25) is 9.69 Å². The summed E-state index contributed by atoms with van der Waals surface area (Å²) < 4.78 is 5.68. The predicted octanol–water partition coefficient (Wildman–Crippen LogP) is 2.38. The molecule has 0 aromatic rings. The highest BCUT2D eigenvalue weighted by atomic mass is 16.5. The van der Waals surface area contributed by atoms with E-state index in [2.05, 4.69) is 18.7 Å². The van der Waals surface area contributed by atoms with Gasteiger partial charge < -0.3 is 9.84 Å². The molecule has 0 aliphatic rings. The van der Waals surface area contributed by atoms with Gasteiger partial charge in [0.2, 0.25) is 0 Å². The fourth-order valence-electron chi connectivity index (χ4n) is 1.53. The fourth-order valence-corrected chi connectivity index (χ4v) is 1.53. The third-order valence-electron chi connectivity index (χ3n) is 2.48. The number of aliphatic carboxylic acids is 1. The van der Waals surface area contributed by atoms with Crippen molar-refractivity contribution in [2.45, 2.75) is 59.1 Å². The summed E-state index contributed by atoms with van der Waals surface area (Å²) in [6, 6.07) is 0.423. The number of rotatable bonds is 8. The lowest BCUT2D eigenvalue weighted by atomic mass is 10.2. The highest BCUT2D eigenvalue weighted by Crippen LogP contribution is 2.08. The second kappa shape index (κ2) is 7.67. The van der Waals surface area contributed by atoms with Gasteiger partial charge in [-0.15, -0.1) is 0 Å². The second-order valence-corrected chi connectivity index (χ2v) is 5.59. The maximum atomic E-state index is 10.5. The van der Waals surface area contributed by atoms with Gasteiger partial charge in [-0.2, -0.15) is 0 Å². The summed E-state index contributed by atoms with van der Waals surface area (Å²) in [6.45, 7) is 12.7. The summed E-state index contributed by atoms with van der Waals surface area (Å²) in [7, 11) is 0.